The molecule has 0 unspecified atom stereocenters. The van der Waals surface area contributed by atoms with Gasteiger partial charge >= 0.3 is 0 Å². The molecular weight excluding hydrogens is 247 g/mol. The fraction of sp³-hybridized carbons (Fsp3) is 0.500. The van der Waals surface area contributed by atoms with E-state index in [-0.39, 0.29) is 17.2 Å². The Morgan fingerprint density at radius 2 is 2.11 bits per heavy atom. The van der Waals surface area contributed by atoms with Gasteiger partial charge in [-0.2, -0.15) is 0 Å². The first-order valence-corrected chi connectivity index (χ1v) is 6.27. The van der Waals surface area contributed by atoms with Gasteiger partial charge in [0, 0.05) is 18.7 Å². The Kier molecular flexibility index (Phi) is 5.30. The number of halogens is 1. The second kappa shape index (κ2) is 6.52. The molecule has 0 fully saturated rings. The van der Waals surface area contributed by atoms with Crippen molar-refractivity contribution in [3.8, 4) is 0 Å². The van der Waals surface area contributed by atoms with Crippen LogP contribution >= 0.6 is 0 Å². The molecule has 3 N–H and O–H groups in total. The molecule has 0 saturated carbocycles. The number of carbonyl (C=O) groups excluding carboxylic acids is 1. The van der Waals surface area contributed by atoms with Gasteiger partial charge in [0.15, 0.2) is 0 Å². The smallest absolute Gasteiger partial charge is 0.224 e. The van der Waals surface area contributed by atoms with Gasteiger partial charge in [0.2, 0.25) is 5.91 Å². The van der Waals surface area contributed by atoms with Crippen LogP contribution in [-0.2, 0) is 9.53 Å². The van der Waals surface area contributed by atoms with E-state index in [9.17, 15) is 9.18 Å². The third kappa shape index (κ3) is 6.20. The lowest BCUT2D eigenvalue weighted by Gasteiger charge is -2.19. The number of hydrogen-bond acceptors (Lipinski definition) is 3. The van der Waals surface area contributed by atoms with E-state index in [1.165, 1.54) is 18.2 Å². The highest BCUT2D eigenvalue weighted by molar-refractivity contribution is 5.91. The third-order valence-electron chi connectivity index (χ3n) is 2.36. The van der Waals surface area contributed by atoms with Gasteiger partial charge in [0.05, 0.1) is 11.3 Å². The molecule has 0 aliphatic rings. The molecule has 1 aromatic rings. The van der Waals surface area contributed by atoms with Gasteiger partial charge in [-0.25, -0.2) is 4.39 Å². The quantitative estimate of drug-likeness (QED) is 0.637. The molecule has 1 amide bonds. The lowest BCUT2D eigenvalue weighted by atomic mass is 10.2. The van der Waals surface area contributed by atoms with Crippen LogP contribution in [0.25, 0.3) is 0 Å². The molecule has 0 saturated heterocycles. The predicted molar refractivity (Wildman–Crippen MR) is 74.4 cm³/mol. The van der Waals surface area contributed by atoms with Gasteiger partial charge in [0.25, 0.3) is 0 Å². The molecule has 0 aliphatic heterocycles. The molecule has 0 radical (unpaired) electrons. The largest absolute Gasteiger partial charge is 0.396 e. The average Bonchev–Trinajstić information content (AvgIpc) is 2.28. The summed E-state index contributed by atoms with van der Waals surface area (Å²) in [6.07, 6.45) is 0.993. The number of hydrogen-bond donors (Lipinski definition) is 2. The van der Waals surface area contributed by atoms with Crippen molar-refractivity contribution in [2.75, 3.05) is 17.7 Å². The highest BCUT2D eigenvalue weighted by Crippen LogP contribution is 2.16. The van der Waals surface area contributed by atoms with Crippen LogP contribution in [0.15, 0.2) is 18.2 Å². The Bertz CT molecular complexity index is 442. The fourth-order valence-electron chi connectivity index (χ4n) is 1.46. The summed E-state index contributed by atoms with van der Waals surface area (Å²) in [6.45, 7) is 6.43. The number of nitrogens with two attached hydrogens (primary N) is 1. The summed E-state index contributed by atoms with van der Waals surface area (Å²) >= 11 is 0. The molecule has 4 nitrogen and oxygen atoms in total. The first kappa shape index (κ1) is 15.4. The Morgan fingerprint density at radius 1 is 1.42 bits per heavy atom. The van der Waals surface area contributed by atoms with Crippen molar-refractivity contribution >= 4 is 17.3 Å². The summed E-state index contributed by atoms with van der Waals surface area (Å²) in [5.74, 6) is -0.625. The van der Waals surface area contributed by atoms with Crippen molar-refractivity contribution in [1.29, 1.82) is 0 Å². The number of carbonyl (C=O) groups is 1. The van der Waals surface area contributed by atoms with Crippen LogP contribution in [0.2, 0.25) is 0 Å². The second-order valence-corrected chi connectivity index (χ2v) is 5.35. The zero-order valence-corrected chi connectivity index (χ0v) is 11.6. The summed E-state index contributed by atoms with van der Waals surface area (Å²) in [4.78, 5) is 11.6. The molecule has 5 heteroatoms. The minimum Gasteiger partial charge on any atom is -0.396 e. The lowest BCUT2D eigenvalue weighted by molar-refractivity contribution is -0.116. The predicted octanol–water partition coefficient (Wildman–Crippen LogP) is 2.94. The van der Waals surface area contributed by atoms with Crippen molar-refractivity contribution in [1.82, 2.24) is 0 Å². The molecule has 19 heavy (non-hydrogen) atoms. The van der Waals surface area contributed by atoms with Crippen LogP contribution in [0.4, 0.5) is 15.8 Å². The van der Waals surface area contributed by atoms with E-state index in [0.717, 1.165) is 0 Å². The SMILES string of the molecule is CC(C)(C)OCCCC(=O)Nc1ccc(F)c(N)c1. The molecule has 1 rings (SSSR count). The number of rotatable bonds is 5. The zero-order valence-electron chi connectivity index (χ0n) is 11.6. The molecule has 0 atom stereocenters. The second-order valence-electron chi connectivity index (χ2n) is 5.35. The molecule has 1 aromatic carbocycles. The maximum absolute atomic E-state index is 12.9. The number of anilines is 2. The van der Waals surface area contributed by atoms with E-state index < -0.39 is 5.82 Å². The van der Waals surface area contributed by atoms with E-state index in [2.05, 4.69) is 5.32 Å². The lowest BCUT2D eigenvalue weighted by Crippen LogP contribution is -2.20. The van der Waals surface area contributed by atoms with Crippen molar-refractivity contribution in [3.63, 3.8) is 0 Å². The van der Waals surface area contributed by atoms with E-state index in [4.69, 9.17) is 10.5 Å². The monoisotopic (exact) mass is 268 g/mol. The number of benzene rings is 1. The van der Waals surface area contributed by atoms with E-state index in [1.807, 2.05) is 20.8 Å². The van der Waals surface area contributed by atoms with Gasteiger partial charge in [-0.05, 0) is 45.4 Å². The van der Waals surface area contributed by atoms with Crippen LogP contribution in [-0.4, -0.2) is 18.1 Å². The van der Waals surface area contributed by atoms with Crippen LogP contribution in [0.1, 0.15) is 33.6 Å². The maximum Gasteiger partial charge on any atom is 0.224 e. The number of amides is 1. The minimum atomic E-state index is -0.489. The molecule has 0 spiro atoms. The molecular formula is C14H21FN2O2. The first-order chi connectivity index (χ1) is 8.78. The van der Waals surface area contributed by atoms with Gasteiger partial charge < -0.3 is 15.8 Å². The highest BCUT2D eigenvalue weighted by Gasteiger charge is 2.10. The molecule has 106 valence electrons. The van der Waals surface area contributed by atoms with Crippen molar-refractivity contribution < 1.29 is 13.9 Å². The Balaban J connectivity index is 2.33. The topological polar surface area (TPSA) is 64.3 Å². The maximum atomic E-state index is 12.9. The minimum absolute atomic E-state index is 0.0221. The molecule has 0 aromatic heterocycles. The molecule has 0 heterocycles. The van der Waals surface area contributed by atoms with Gasteiger partial charge in [-0.1, -0.05) is 0 Å². The van der Waals surface area contributed by atoms with E-state index >= 15 is 0 Å². The van der Waals surface area contributed by atoms with Crippen molar-refractivity contribution in [3.05, 3.63) is 24.0 Å². The van der Waals surface area contributed by atoms with Crippen LogP contribution in [0, 0.1) is 5.82 Å². The van der Waals surface area contributed by atoms with Crippen LogP contribution in [0.5, 0.6) is 0 Å². The summed E-state index contributed by atoms with van der Waals surface area (Å²) in [6, 6.07) is 4.11. The van der Waals surface area contributed by atoms with Crippen molar-refractivity contribution in [2.24, 2.45) is 0 Å². The van der Waals surface area contributed by atoms with Crippen LogP contribution < -0.4 is 11.1 Å². The number of ether oxygens (including phenoxy) is 1. The fourth-order valence-corrected chi connectivity index (χ4v) is 1.46. The Hall–Kier alpha value is -1.62. The van der Waals surface area contributed by atoms with Crippen molar-refractivity contribution in [2.45, 2.75) is 39.2 Å². The Morgan fingerprint density at radius 3 is 2.68 bits per heavy atom. The molecule has 0 bridgehead atoms. The zero-order chi connectivity index (χ0) is 14.5. The summed E-state index contributed by atoms with van der Waals surface area (Å²) in [5, 5.41) is 2.67. The Labute approximate surface area is 113 Å². The van der Waals surface area contributed by atoms with E-state index in [1.54, 1.807) is 0 Å². The number of nitrogens with one attached hydrogen (secondary N) is 1. The van der Waals surface area contributed by atoms with Gasteiger partial charge in [-0.3, -0.25) is 4.79 Å². The summed E-state index contributed by atoms with van der Waals surface area (Å²) in [5.41, 5.74) is 5.75. The first-order valence-electron chi connectivity index (χ1n) is 6.27. The van der Waals surface area contributed by atoms with Gasteiger partial charge in [0.1, 0.15) is 5.82 Å². The normalized spacial score (nSPS) is 11.4. The summed E-state index contributed by atoms with van der Waals surface area (Å²) in [7, 11) is 0. The highest BCUT2D eigenvalue weighted by atomic mass is 19.1. The third-order valence-corrected chi connectivity index (χ3v) is 2.36. The van der Waals surface area contributed by atoms with Crippen LogP contribution in [0.3, 0.4) is 0 Å². The molecule has 0 aliphatic carbocycles. The average molecular weight is 268 g/mol. The van der Waals surface area contributed by atoms with Gasteiger partial charge in [-0.15, -0.1) is 0 Å². The number of nitrogen functional groups attached to an aromatic ring is 1. The standard InChI is InChI=1S/C14H21FN2O2/c1-14(2,3)19-8-4-5-13(18)17-10-6-7-11(15)12(16)9-10/h6-7,9H,4-5,8,16H2,1-3H3,(H,17,18). The summed E-state index contributed by atoms with van der Waals surface area (Å²) < 4.78 is 18.5. The van der Waals surface area contributed by atoms with E-state index in [0.29, 0.717) is 25.1 Å².